The Morgan fingerprint density at radius 2 is 2.27 bits per heavy atom. The number of nitrogens with two attached hydrogens (primary N) is 1. The third-order valence-corrected chi connectivity index (χ3v) is 4.09. The van der Waals surface area contributed by atoms with Crippen molar-refractivity contribution in [3.8, 4) is 11.8 Å². The molecule has 1 unspecified atom stereocenters. The number of anilines is 1. The molecule has 0 spiro atoms. The fraction of sp³-hybridized carbons (Fsp3) is 0.571. The van der Waals surface area contributed by atoms with E-state index in [1.807, 2.05) is 0 Å². The topological polar surface area (TPSA) is 111 Å². The molecule has 2 rings (SSSR count). The lowest BCUT2D eigenvalue weighted by atomic mass is 9.96. The standard InChI is InChI=1S/C14H18ClN3O4/c1-4-5-14(15)11(20)10(8(3)19)22-12(14)18-7(2)6-9(16)17-13(18)21/h6,8,10-12,19-20H,1-3H3,(H2,16,17,21)/t8-,10-,11?,12-,14-/m1/s1. The molecule has 1 aromatic rings. The van der Waals surface area contributed by atoms with E-state index >= 15 is 0 Å². The third-order valence-electron chi connectivity index (χ3n) is 3.58. The molecule has 5 atom stereocenters. The number of alkyl halides is 1. The van der Waals surface area contributed by atoms with Crippen molar-refractivity contribution in [1.29, 1.82) is 0 Å². The summed E-state index contributed by atoms with van der Waals surface area (Å²) in [6.45, 7) is 4.66. The van der Waals surface area contributed by atoms with Gasteiger partial charge in [-0.3, -0.25) is 4.57 Å². The Bertz CT molecular complexity index is 694. The molecule has 0 aromatic carbocycles. The summed E-state index contributed by atoms with van der Waals surface area (Å²) in [4.78, 5) is 14.2. The van der Waals surface area contributed by atoms with Crippen LogP contribution in [0.3, 0.4) is 0 Å². The van der Waals surface area contributed by atoms with E-state index in [9.17, 15) is 15.0 Å². The first-order valence-corrected chi connectivity index (χ1v) is 7.10. The Hall–Kier alpha value is -1.59. The minimum Gasteiger partial charge on any atom is -0.391 e. The van der Waals surface area contributed by atoms with E-state index in [0.29, 0.717) is 5.69 Å². The van der Waals surface area contributed by atoms with Crippen molar-refractivity contribution in [2.24, 2.45) is 0 Å². The third kappa shape index (κ3) is 2.59. The molecular formula is C14H18ClN3O4. The second kappa shape index (κ2) is 5.89. The average Bonchev–Trinajstić information content (AvgIpc) is 2.63. The number of hydrogen-bond donors (Lipinski definition) is 3. The van der Waals surface area contributed by atoms with E-state index in [1.54, 1.807) is 13.8 Å². The van der Waals surface area contributed by atoms with Gasteiger partial charge in [0.25, 0.3) is 0 Å². The van der Waals surface area contributed by atoms with Crippen molar-refractivity contribution >= 4 is 17.4 Å². The molecule has 8 heteroatoms. The van der Waals surface area contributed by atoms with E-state index in [4.69, 9.17) is 22.1 Å². The number of halogens is 1. The van der Waals surface area contributed by atoms with Gasteiger partial charge in [-0.05, 0) is 26.8 Å². The first kappa shape index (κ1) is 16.8. The van der Waals surface area contributed by atoms with Gasteiger partial charge in [0.05, 0.1) is 6.10 Å². The lowest BCUT2D eigenvalue weighted by Gasteiger charge is -2.27. The van der Waals surface area contributed by atoms with Gasteiger partial charge in [-0.2, -0.15) is 4.98 Å². The van der Waals surface area contributed by atoms with E-state index in [-0.39, 0.29) is 5.82 Å². The quantitative estimate of drug-likeness (QED) is 0.511. The number of aromatic nitrogens is 2. The molecule has 1 aromatic heterocycles. The Labute approximate surface area is 132 Å². The number of aliphatic hydroxyl groups is 2. The van der Waals surface area contributed by atoms with Gasteiger partial charge in [0.2, 0.25) is 0 Å². The molecule has 4 N–H and O–H groups in total. The van der Waals surface area contributed by atoms with Gasteiger partial charge in [-0.15, -0.1) is 5.92 Å². The molecule has 22 heavy (non-hydrogen) atoms. The highest BCUT2D eigenvalue weighted by Crippen LogP contribution is 2.44. The summed E-state index contributed by atoms with van der Waals surface area (Å²) >= 11 is 6.47. The van der Waals surface area contributed by atoms with Crippen molar-refractivity contribution < 1.29 is 14.9 Å². The van der Waals surface area contributed by atoms with Gasteiger partial charge in [-0.1, -0.05) is 17.5 Å². The lowest BCUT2D eigenvalue weighted by molar-refractivity contribution is -0.0777. The maximum atomic E-state index is 12.2. The van der Waals surface area contributed by atoms with Gasteiger partial charge in [0.15, 0.2) is 11.1 Å². The van der Waals surface area contributed by atoms with Crippen molar-refractivity contribution in [1.82, 2.24) is 9.55 Å². The molecule has 1 fully saturated rings. The number of ether oxygens (including phenoxy) is 1. The SMILES string of the molecule is CC#C[C@@]1(Cl)C(O)[C@@H]([C@@H](C)O)O[C@H]1n1c(C)cc(N)nc1=O. The predicted octanol–water partition coefficient (Wildman–Crippen LogP) is -0.226. The van der Waals surface area contributed by atoms with Crippen LogP contribution in [0.5, 0.6) is 0 Å². The summed E-state index contributed by atoms with van der Waals surface area (Å²) in [7, 11) is 0. The number of rotatable bonds is 2. The maximum absolute atomic E-state index is 12.2. The summed E-state index contributed by atoms with van der Waals surface area (Å²) in [6.07, 6.45) is -4.35. The number of aliphatic hydroxyl groups excluding tert-OH is 2. The molecule has 1 saturated heterocycles. The van der Waals surface area contributed by atoms with E-state index in [1.165, 1.54) is 17.6 Å². The fourth-order valence-corrected chi connectivity index (χ4v) is 2.94. The largest absolute Gasteiger partial charge is 0.391 e. The van der Waals surface area contributed by atoms with Gasteiger partial charge < -0.3 is 20.7 Å². The molecule has 120 valence electrons. The van der Waals surface area contributed by atoms with Crippen LogP contribution in [-0.4, -0.2) is 43.0 Å². The molecular weight excluding hydrogens is 310 g/mol. The van der Waals surface area contributed by atoms with Crippen LogP contribution in [0.15, 0.2) is 10.9 Å². The Balaban J connectivity index is 2.62. The highest BCUT2D eigenvalue weighted by Gasteiger charge is 2.57. The Morgan fingerprint density at radius 3 is 2.77 bits per heavy atom. The van der Waals surface area contributed by atoms with Crippen LogP contribution in [0.25, 0.3) is 0 Å². The first-order chi connectivity index (χ1) is 10.2. The van der Waals surface area contributed by atoms with Crippen molar-refractivity contribution in [2.45, 2.75) is 50.2 Å². The summed E-state index contributed by atoms with van der Waals surface area (Å²) in [5, 5.41) is 20.2. The molecule has 0 aliphatic carbocycles. The van der Waals surface area contributed by atoms with Crippen LogP contribution in [0, 0.1) is 18.8 Å². The van der Waals surface area contributed by atoms with E-state index < -0.39 is 35.1 Å². The molecule has 1 aliphatic heterocycles. The van der Waals surface area contributed by atoms with Gasteiger partial charge >= 0.3 is 5.69 Å². The van der Waals surface area contributed by atoms with Crippen LogP contribution in [0.2, 0.25) is 0 Å². The summed E-state index contributed by atoms with van der Waals surface area (Å²) in [5.74, 6) is 5.38. The van der Waals surface area contributed by atoms with E-state index in [0.717, 1.165) is 0 Å². The highest BCUT2D eigenvalue weighted by molar-refractivity contribution is 6.27. The second-order valence-corrected chi connectivity index (χ2v) is 5.88. The van der Waals surface area contributed by atoms with Gasteiger partial charge in [0.1, 0.15) is 18.0 Å². The molecule has 1 aliphatic rings. The number of hydrogen-bond acceptors (Lipinski definition) is 6. The minimum atomic E-state index is -1.58. The molecule has 0 bridgehead atoms. The zero-order chi connectivity index (χ0) is 16.7. The first-order valence-electron chi connectivity index (χ1n) is 6.72. The van der Waals surface area contributed by atoms with Crippen molar-refractivity contribution in [2.75, 3.05) is 5.73 Å². The second-order valence-electron chi connectivity index (χ2n) is 5.26. The van der Waals surface area contributed by atoms with Crippen LogP contribution in [0.4, 0.5) is 5.82 Å². The van der Waals surface area contributed by atoms with E-state index in [2.05, 4.69) is 16.8 Å². The number of nitrogen functional groups attached to an aromatic ring is 1. The van der Waals surface area contributed by atoms with Crippen LogP contribution >= 0.6 is 11.6 Å². The van der Waals surface area contributed by atoms with Gasteiger partial charge in [0, 0.05) is 5.69 Å². The van der Waals surface area contributed by atoms with Crippen molar-refractivity contribution in [3.63, 3.8) is 0 Å². The molecule has 7 nitrogen and oxygen atoms in total. The van der Waals surface area contributed by atoms with Gasteiger partial charge in [-0.25, -0.2) is 4.79 Å². The lowest BCUT2D eigenvalue weighted by Crippen LogP contribution is -2.45. The summed E-state index contributed by atoms with van der Waals surface area (Å²) < 4.78 is 6.82. The normalized spacial score (nSPS) is 32.4. The molecule has 0 radical (unpaired) electrons. The van der Waals surface area contributed by atoms with Crippen LogP contribution in [0.1, 0.15) is 25.8 Å². The zero-order valence-electron chi connectivity index (χ0n) is 12.4. The fourth-order valence-electron chi connectivity index (χ4n) is 2.58. The van der Waals surface area contributed by atoms with Crippen LogP contribution < -0.4 is 11.4 Å². The summed E-state index contributed by atoms with van der Waals surface area (Å²) in [6, 6.07) is 1.49. The monoisotopic (exact) mass is 327 g/mol. The summed E-state index contributed by atoms with van der Waals surface area (Å²) in [5.41, 5.74) is 5.34. The zero-order valence-corrected chi connectivity index (χ0v) is 13.2. The molecule has 2 heterocycles. The molecule has 0 saturated carbocycles. The number of nitrogens with zero attached hydrogens (tertiary/aromatic N) is 2. The van der Waals surface area contributed by atoms with Crippen molar-refractivity contribution in [3.05, 3.63) is 22.2 Å². The Morgan fingerprint density at radius 1 is 1.64 bits per heavy atom. The average molecular weight is 328 g/mol. The predicted molar refractivity (Wildman–Crippen MR) is 81.3 cm³/mol. The smallest absolute Gasteiger partial charge is 0.351 e. The highest BCUT2D eigenvalue weighted by atomic mass is 35.5. The molecule has 0 amide bonds. The minimum absolute atomic E-state index is 0.0751. The van der Waals surface area contributed by atoms with Crippen LogP contribution in [-0.2, 0) is 4.74 Å². The number of aryl methyl sites for hydroxylation is 1. The maximum Gasteiger partial charge on any atom is 0.351 e. The Kier molecular flexibility index (Phi) is 4.49.